The van der Waals surface area contributed by atoms with Gasteiger partial charge in [0.25, 0.3) is 5.91 Å². The zero-order valence-corrected chi connectivity index (χ0v) is 23.6. The SMILES string of the molecule is C[C@@H](NC(=O)C1CC2(CN1C(=O)CNC(=O)c1ncc(-c3ccc(F)cc3F)cc1F)OCCO2)c1cc(C(=N)N)cs1. The molecule has 1 spiro atoms. The number of thiophene rings is 1. The normalized spacial score (nSPS) is 18.0. The van der Waals surface area contributed by atoms with Crippen LogP contribution in [0.25, 0.3) is 11.1 Å². The average Bonchev–Trinajstić information content (AvgIpc) is 3.72. The highest BCUT2D eigenvalue weighted by molar-refractivity contribution is 7.10. The fraction of sp³-hybridized carbons (Fsp3) is 0.321. The molecule has 0 radical (unpaired) electrons. The van der Waals surface area contributed by atoms with Crippen molar-refractivity contribution in [2.45, 2.75) is 31.2 Å². The molecule has 3 aromatic rings. The number of carbonyl (C=O) groups is 3. The van der Waals surface area contributed by atoms with Gasteiger partial charge in [0.1, 0.15) is 23.5 Å². The van der Waals surface area contributed by atoms with Gasteiger partial charge in [0.15, 0.2) is 17.3 Å². The topological polar surface area (TPSA) is 160 Å². The van der Waals surface area contributed by atoms with Gasteiger partial charge in [-0.2, -0.15) is 0 Å². The zero-order valence-electron chi connectivity index (χ0n) is 22.8. The summed E-state index contributed by atoms with van der Waals surface area (Å²) in [5.41, 5.74) is 5.31. The second-order valence-corrected chi connectivity index (χ2v) is 11.0. The Hall–Kier alpha value is -4.34. The fourth-order valence-electron chi connectivity index (χ4n) is 4.96. The molecule has 226 valence electrons. The van der Waals surface area contributed by atoms with Crippen LogP contribution in [-0.4, -0.2) is 71.6 Å². The molecule has 5 rings (SSSR count). The molecule has 5 N–H and O–H groups in total. The number of halogens is 3. The molecule has 1 aromatic carbocycles. The molecule has 2 atom stereocenters. The maximum atomic E-state index is 14.8. The first-order valence-electron chi connectivity index (χ1n) is 13.2. The number of rotatable bonds is 8. The van der Waals surface area contributed by atoms with Crippen LogP contribution in [0.2, 0.25) is 0 Å². The van der Waals surface area contributed by atoms with E-state index in [1.54, 1.807) is 18.4 Å². The number of nitrogens with two attached hydrogens (primary N) is 1. The molecule has 0 saturated carbocycles. The van der Waals surface area contributed by atoms with Crippen molar-refractivity contribution in [1.29, 1.82) is 5.41 Å². The molecule has 2 aromatic heterocycles. The van der Waals surface area contributed by atoms with Crippen molar-refractivity contribution in [3.05, 3.63) is 75.5 Å². The third-order valence-electron chi connectivity index (χ3n) is 7.14. The molecule has 2 aliphatic rings. The summed E-state index contributed by atoms with van der Waals surface area (Å²) < 4.78 is 53.6. The summed E-state index contributed by atoms with van der Waals surface area (Å²) in [6.07, 6.45) is 1.12. The summed E-state index contributed by atoms with van der Waals surface area (Å²) >= 11 is 1.32. The number of aromatic nitrogens is 1. The first kappa shape index (κ1) is 30.1. The van der Waals surface area contributed by atoms with Crippen LogP contribution in [-0.2, 0) is 19.1 Å². The minimum atomic E-state index is -1.17. The molecule has 0 aliphatic carbocycles. The number of amides is 3. The van der Waals surface area contributed by atoms with E-state index in [-0.39, 0.29) is 43.1 Å². The number of nitrogens with one attached hydrogen (secondary N) is 3. The lowest BCUT2D eigenvalue weighted by Crippen LogP contribution is -2.49. The fourth-order valence-corrected chi connectivity index (χ4v) is 5.88. The van der Waals surface area contributed by atoms with Crippen LogP contribution in [0.4, 0.5) is 13.2 Å². The second kappa shape index (κ2) is 12.1. The van der Waals surface area contributed by atoms with Crippen LogP contribution >= 0.6 is 11.3 Å². The van der Waals surface area contributed by atoms with Gasteiger partial charge in [-0.05, 0) is 31.2 Å². The van der Waals surface area contributed by atoms with Gasteiger partial charge in [0.05, 0.1) is 32.3 Å². The molecule has 43 heavy (non-hydrogen) atoms. The van der Waals surface area contributed by atoms with Gasteiger partial charge in [0.2, 0.25) is 11.8 Å². The van der Waals surface area contributed by atoms with E-state index in [0.29, 0.717) is 11.6 Å². The lowest BCUT2D eigenvalue weighted by Gasteiger charge is -2.25. The van der Waals surface area contributed by atoms with Crippen molar-refractivity contribution >= 4 is 34.9 Å². The Morgan fingerprint density at radius 3 is 2.58 bits per heavy atom. The number of benzene rings is 1. The smallest absolute Gasteiger partial charge is 0.273 e. The second-order valence-electron chi connectivity index (χ2n) is 10.1. The van der Waals surface area contributed by atoms with Gasteiger partial charge >= 0.3 is 0 Å². The van der Waals surface area contributed by atoms with E-state index in [0.717, 1.165) is 29.3 Å². The van der Waals surface area contributed by atoms with Gasteiger partial charge in [-0.1, -0.05) is 0 Å². The molecule has 15 heteroatoms. The maximum absolute atomic E-state index is 14.8. The predicted octanol–water partition coefficient (Wildman–Crippen LogP) is 2.46. The Morgan fingerprint density at radius 2 is 1.93 bits per heavy atom. The van der Waals surface area contributed by atoms with E-state index < -0.39 is 65.3 Å². The minimum Gasteiger partial charge on any atom is -0.384 e. The van der Waals surface area contributed by atoms with Crippen LogP contribution in [0.3, 0.4) is 0 Å². The van der Waals surface area contributed by atoms with Crippen molar-refractivity contribution < 1.29 is 37.0 Å². The lowest BCUT2D eigenvalue weighted by molar-refractivity contribution is -0.152. The molecule has 1 unspecified atom stereocenters. The van der Waals surface area contributed by atoms with Gasteiger partial charge in [-0.3, -0.25) is 19.8 Å². The molecule has 3 amide bonds. The Bertz CT molecular complexity index is 1590. The van der Waals surface area contributed by atoms with E-state index in [9.17, 15) is 27.6 Å². The maximum Gasteiger partial charge on any atom is 0.273 e. The van der Waals surface area contributed by atoms with Crippen LogP contribution in [0.1, 0.15) is 40.3 Å². The number of hydrogen-bond donors (Lipinski definition) is 4. The molecular formula is C28H27F3N6O5S. The number of amidine groups is 1. The van der Waals surface area contributed by atoms with E-state index in [4.69, 9.17) is 20.6 Å². The van der Waals surface area contributed by atoms with Crippen molar-refractivity contribution in [3.8, 4) is 11.1 Å². The Labute approximate surface area is 247 Å². The summed E-state index contributed by atoms with van der Waals surface area (Å²) in [7, 11) is 0. The summed E-state index contributed by atoms with van der Waals surface area (Å²) in [5.74, 6) is -6.19. The quantitative estimate of drug-likeness (QED) is 0.224. The highest BCUT2D eigenvalue weighted by atomic mass is 32.1. The Morgan fingerprint density at radius 1 is 1.19 bits per heavy atom. The summed E-state index contributed by atoms with van der Waals surface area (Å²) in [4.78, 5) is 45.1. The lowest BCUT2D eigenvalue weighted by atomic mass is 10.1. The number of nitrogens with zero attached hydrogens (tertiary/aromatic N) is 2. The largest absolute Gasteiger partial charge is 0.384 e. The molecule has 2 saturated heterocycles. The van der Waals surface area contributed by atoms with Gasteiger partial charge in [-0.25, -0.2) is 18.2 Å². The summed E-state index contributed by atoms with van der Waals surface area (Å²) in [6.45, 7) is 1.68. The molecule has 4 heterocycles. The Kier molecular flexibility index (Phi) is 8.48. The number of pyridine rings is 1. The minimum absolute atomic E-state index is 0.00953. The monoisotopic (exact) mass is 616 g/mol. The van der Waals surface area contributed by atoms with E-state index >= 15 is 0 Å². The number of hydrogen-bond acceptors (Lipinski definition) is 8. The number of likely N-dealkylation sites (tertiary alicyclic amines) is 1. The summed E-state index contributed by atoms with van der Waals surface area (Å²) in [5, 5.41) is 14.5. The molecular weight excluding hydrogens is 589 g/mol. The zero-order chi connectivity index (χ0) is 30.9. The highest BCUT2D eigenvalue weighted by Crippen LogP contribution is 2.35. The van der Waals surface area contributed by atoms with Gasteiger partial charge < -0.3 is 30.7 Å². The first-order chi connectivity index (χ1) is 20.5. The standard InChI is InChI=1S/C28H27F3N6O5S/c1-14(22-7-16(12-43-22)25(32)33)36-26(39)21-9-28(41-4-5-42-28)13-37(21)23(38)11-35-27(40)24-20(31)6-15(10-34-24)18-3-2-17(29)8-19(18)30/h2-3,6-8,10,12,14,21H,4-5,9,11,13H2,1H3,(H3,32,33)(H,35,40)(H,36,39)/t14-,21?/m1/s1. The first-order valence-corrected chi connectivity index (χ1v) is 14.0. The molecule has 2 fully saturated rings. The number of ether oxygens (including phenoxy) is 2. The van der Waals surface area contributed by atoms with Crippen molar-refractivity contribution in [2.75, 3.05) is 26.3 Å². The third kappa shape index (κ3) is 6.38. The highest BCUT2D eigenvalue weighted by Gasteiger charge is 2.52. The van der Waals surface area contributed by atoms with Crippen molar-refractivity contribution in [3.63, 3.8) is 0 Å². The van der Waals surface area contributed by atoms with Crippen LogP contribution < -0.4 is 16.4 Å². The van der Waals surface area contributed by atoms with Crippen LogP contribution in [0.15, 0.2) is 41.9 Å². The van der Waals surface area contributed by atoms with Crippen LogP contribution in [0.5, 0.6) is 0 Å². The van der Waals surface area contributed by atoms with Crippen molar-refractivity contribution in [1.82, 2.24) is 20.5 Å². The van der Waals surface area contributed by atoms with E-state index in [2.05, 4.69) is 15.6 Å². The third-order valence-corrected chi connectivity index (χ3v) is 8.26. The molecule has 11 nitrogen and oxygen atoms in total. The van der Waals surface area contributed by atoms with Gasteiger partial charge in [0, 0.05) is 45.6 Å². The molecule has 0 bridgehead atoms. The van der Waals surface area contributed by atoms with Gasteiger partial charge in [-0.15, -0.1) is 11.3 Å². The average molecular weight is 617 g/mol. The van der Waals surface area contributed by atoms with Crippen LogP contribution in [0, 0.1) is 22.9 Å². The Balaban J connectivity index is 1.25. The molecule has 2 aliphatic heterocycles. The predicted molar refractivity (Wildman–Crippen MR) is 149 cm³/mol. The van der Waals surface area contributed by atoms with E-state index in [1.807, 2.05) is 0 Å². The van der Waals surface area contributed by atoms with E-state index in [1.165, 1.54) is 16.2 Å². The van der Waals surface area contributed by atoms with Crippen molar-refractivity contribution in [2.24, 2.45) is 5.73 Å². The number of carbonyl (C=O) groups excluding carboxylic acids is 3. The number of nitrogen functional groups attached to an aromatic ring is 1. The summed E-state index contributed by atoms with van der Waals surface area (Å²) in [6, 6.07) is 3.91.